The Labute approximate surface area is 106 Å². The summed E-state index contributed by atoms with van der Waals surface area (Å²) < 4.78 is 0. The molecule has 1 unspecified atom stereocenters. The second-order valence-corrected chi connectivity index (χ2v) is 4.59. The first-order chi connectivity index (χ1) is 8.59. The highest BCUT2D eigenvalue weighted by atomic mass is 16.4. The number of aryl methyl sites for hydroxylation is 1. The number of carboxylic acid groups (broad SMARTS) is 1. The average Bonchev–Trinajstić information content (AvgIpc) is 2.35. The van der Waals surface area contributed by atoms with Crippen LogP contribution in [0.2, 0.25) is 0 Å². The highest BCUT2D eigenvalue weighted by molar-refractivity contribution is 5.76. The Morgan fingerprint density at radius 2 is 2.06 bits per heavy atom. The van der Waals surface area contributed by atoms with Gasteiger partial charge in [-0.05, 0) is 13.0 Å². The van der Waals surface area contributed by atoms with Gasteiger partial charge in [0, 0.05) is 31.7 Å². The first-order valence-electron chi connectivity index (χ1n) is 6.06. The lowest BCUT2D eigenvalue weighted by Crippen LogP contribution is -2.47. The Balaban J connectivity index is 2.34. The molecule has 0 bridgehead atoms. The van der Waals surface area contributed by atoms with Crippen molar-refractivity contribution in [3.8, 4) is 5.75 Å². The molecule has 0 amide bonds. The predicted molar refractivity (Wildman–Crippen MR) is 67.7 cm³/mol. The highest BCUT2D eigenvalue weighted by Gasteiger charge is 2.30. The SMILES string of the molecule is Cc1ccc(O)c(C(C(=O)O)N2CCNCC2)c1. The lowest BCUT2D eigenvalue weighted by molar-refractivity contribution is -0.144. The van der Waals surface area contributed by atoms with Crippen LogP contribution in [0.4, 0.5) is 0 Å². The van der Waals surface area contributed by atoms with Gasteiger partial charge in [0.05, 0.1) is 0 Å². The number of carbonyl (C=O) groups is 1. The summed E-state index contributed by atoms with van der Waals surface area (Å²) in [4.78, 5) is 13.4. The van der Waals surface area contributed by atoms with Gasteiger partial charge in [0.2, 0.25) is 0 Å². The molecule has 0 aliphatic carbocycles. The zero-order valence-corrected chi connectivity index (χ0v) is 10.4. The second kappa shape index (κ2) is 5.37. The maximum Gasteiger partial charge on any atom is 0.325 e. The molecule has 0 spiro atoms. The molecule has 1 aromatic carbocycles. The number of aliphatic carboxylic acids is 1. The van der Waals surface area contributed by atoms with Crippen LogP contribution in [0.5, 0.6) is 5.75 Å². The van der Waals surface area contributed by atoms with Crippen LogP contribution in [-0.2, 0) is 4.79 Å². The number of hydrogen-bond acceptors (Lipinski definition) is 4. The Hall–Kier alpha value is -1.59. The third kappa shape index (κ3) is 2.63. The van der Waals surface area contributed by atoms with Crippen molar-refractivity contribution in [3.63, 3.8) is 0 Å². The number of benzene rings is 1. The van der Waals surface area contributed by atoms with Crippen molar-refractivity contribution in [1.29, 1.82) is 0 Å². The predicted octanol–water partition coefficient (Wildman–Crippen LogP) is 0.732. The fourth-order valence-corrected chi connectivity index (χ4v) is 2.32. The lowest BCUT2D eigenvalue weighted by atomic mass is 10.0. The summed E-state index contributed by atoms with van der Waals surface area (Å²) in [7, 11) is 0. The van der Waals surface area contributed by atoms with Crippen molar-refractivity contribution in [1.82, 2.24) is 10.2 Å². The van der Waals surface area contributed by atoms with Crippen molar-refractivity contribution in [2.75, 3.05) is 26.2 Å². The van der Waals surface area contributed by atoms with Crippen LogP contribution < -0.4 is 5.32 Å². The molecule has 1 saturated heterocycles. The van der Waals surface area contributed by atoms with Gasteiger partial charge in [0.1, 0.15) is 11.8 Å². The molecule has 5 heteroatoms. The third-order valence-corrected chi connectivity index (χ3v) is 3.23. The smallest absolute Gasteiger partial charge is 0.325 e. The molecule has 0 saturated carbocycles. The molecule has 1 heterocycles. The van der Waals surface area contributed by atoms with E-state index in [-0.39, 0.29) is 5.75 Å². The molecule has 1 aliphatic heterocycles. The standard InChI is InChI=1S/C13H18N2O3/c1-9-2-3-11(16)10(8-9)12(13(17)18)15-6-4-14-5-7-15/h2-3,8,12,14,16H,4-7H2,1H3,(H,17,18). The van der Waals surface area contributed by atoms with Crippen molar-refractivity contribution in [2.24, 2.45) is 0 Å². The summed E-state index contributed by atoms with van der Waals surface area (Å²) in [6.45, 7) is 4.78. The van der Waals surface area contributed by atoms with Crippen molar-refractivity contribution >= 4 is 5.97 Å². The molecule has 18 heavy (non-hydrogen) atoms. The molecule has 98 valence electrons. The Morgan fingerprint density at radius 1 is 1.39 bits per heavy atom. The molecule has 1 aliphatic rings. The van der Waals surface area contributed by atoms with E-state index in [0.29, 0.717) is 18.7 Å². The molecular weight excluding hydrogens is 232 g/mol. The number of aromatic hydroxyl groups is 1. The van der Waals surface area contributed by atoms with E-state index in [2.05, 4.69) is 5.32 Å². The molecule has 5 nitrogen and oxygen atoms in total. The molecule has 0 aromatic heterocycles. The molecule has 2 rings (SSSR count). The van der Waals surface area contributed by atoms with E-state index in [1.165, 1.54) is 0 Å². The zero-order chi connectivity index (χ0) is 13.1. The van der Waals surface area contributed by atoms with Crippen LogP contribution in [0.15, 0.2) is 18.2 Å². The van der Waals surface area contributed by atoms with Crippen molar-refractivity contribution < 1.29 is 15.0 Å². The number of piperazine rings is 1. The van der Waals surface area contributed by atoms with E-state index in [1.54, 1.807) is 18.2 Å². The largest absolute Gasteiger partial charge is 0.508 e. The number of phenolic OH excluding ortho intramolecular Hbond substituents is 1. The fraction of sp³-hybridized carbons (Fsp3) is 0.462. The molecule has 3 N–H and O–H groups in total. The minimum absolute atomic E-state index is 0.0477. The topological polar surface area (TPSA) is 72.8 Å². The van der Waals surface area contributed by atoms with Crippen LogP contribution in [-0.4, -0.2) is 47.3 Å². The van der Waals surface area contributed by atoms with Crippen LogP contribution in [0.25, 0.3) is 0 Å². The molecule has 1 fully saturated rings. The maximum atomic E-state index is 11.5. The van der Waals surface area contributed by atoms with Gasteiger partial charge in [-0.15, -0.1) is 0 Å². The summed E-state index contributed by atoms with van der Waals surface area (Å²) >= 11 is 0. The number of phenols is 1. The highest BCUT2D eigenvalue weighted by Crippen LogP contribution is 2.30. The quantitative estimate of drug-likeness (QED) is 0.737. The van der Waals surface area contributed by atoms with Crippen molar-refractivity contribution in [3.05, 3.63) is 29.3 Å². The lowest BCUT2D eigenvalue weighted by Gasteiger charge is -2.32. The van der Waals surface area contributed by atoms with Crippen LogP contribution in [0, 0.1) is 6.92 Å². The Kier molecular flexibility index (Phi) is 3.84. The summed E-state index contributed by atoms with van der Waals surface area (Å²) in [6.07, 6.45) is 0. The van der Waals surface area contributed by atoms with E-state index in [4.69, 9.17) is 0 Å². The van der Waals surface area contributed by atoms with Gasteiger partial charge in [-0.25, -0.2) is 0 Å². The van der Waals surface area contributed by atoms with E-state index >= 15 is 0 Å². The molecule has 1 aromatic rings. The monoisotopic (exact) mass is 250 g/mol. The van der Waals surface area contributed by atoms with E-state index in [0.717, 1.165) is 18.7 Å². The number of nitrogens with one attached hydrogen (secondary N) is 1. The van der Waals surface area contributed by atoms with E-state index in [9.17, 15) is 15.0 Å². The van der Waals surface area contributed by atoms with Gasteiger partial charge >= 0.3 is 5.97 Å². The minimum Gasteiger partial charge on any atom is -0.508 e. The molecule has 0 radical (unpaired) electrons. The Bertz CT molecular complexity index is 442. The van der Waals surface area contributed by atoms with Gasteiger partial charge in [0.25, 0.3) is 0 Å². The van der Waals surface area contributed by atoms with E-state index < -0.39 is 12.0 Å². The van der Waals surface area contributed by atoms with Gasteiger partial charge < -0.3 is 15.5 Å². The van der Waals surface area contributed by atoms with Gasteiger partial charge in [-0.2, -0.15) is 0 Å². The van der Waals surface area contributed by atoms with Gasteiger partial charge in [-0.3, -0.25) is 9.69 Å². The average molecular weight is 250 g/mol. The van der Waals surface area contributed by atoms with Crippen LogP contribution >= 0.6 is 0 Å². The minimum atomic E-state index is -0.919. The summed E-state index contributed by atoms with van der Waals surface area (Å²) in [6, 6.07) is 4.31. The first kappa shape index (κ1) is 12.9. The number of nitrogens with zero attached hydrogens (tertiary/aromatic N) is 1. The van der Waals surface area contributed by atoms with Crippen molar-refractivity contribution in [2.45, 2.75) is 13.0 Å². The first-order valence-corrected chi connectivity index (χ1v) is 6.06. The zero-order valence-electron chi connectivity index (χ0n) is 10.4. The molecule has 1 atom stereocenters. The summed E-state index contributed by atoms with van der Waals surface area (Å²) in [5, 5.41) is 22.5. The second-order valence-electron chi connectivity index (χ2n) is 4.59. The van der Waals surface area contributed by atoms with Gasteiger partial charge in [0.15, 0.2) is 0 Å². The fourth-order valence-electron chi connectivity index (χ4n) is 2.32. The number of rotatable bonds is 3. The third-order valence-electron chi connectivity index (χ3n) is 3.23. The number of carboxylic acids is 1. The normalized spacial score (nSPS) is 18.5. The summed E-state index contributed by atoms with van der Waals surface area (Å²) in [5.41, 5.74) is 1.42. The van der Waals surface area contributed by atoms with Crippen LogP contribution in [0.1, 0.15) is 17.2 Å². The summed E-state index contributed by atoms with van der Waals surface area (Å²) in [5.74, 6) is -0.871. The molecular formula is C13H18N2O3. The van der Waals surface area contributed by atoms with E-state index in [1.807, 2.05) is 11.8 Å². The van der Waals surface area contributed by atoms with Gasteiger partial charge in [-0.1, -0.05) is 17.7 Å². The maximum absolute atomic E-state index is 11.5. The van der Waals surface area contributed by atoms with Crippen LogP contribution in [0.3, 0.4) is 0 Å². The number of hydrogen-bond donors (Lipinski definition) is 3. The Morgan fingerprint density at radius 3 is 2.67 bits per heavy atom.